The average Bonchev–Trinajstić information content (AvgIpc) is 2.30. The maximum Gasteiger partial charge on any atom is 0.265 e. The van der Waals surface area contributed by atoms with Crippen molar-refractivity contribution in [3.8, 4) is 0 Å². The van der Waals surface area contributed by atoms with Crippen molar-refractivity contribution in [2.45, 2.75) is 19.0 Å². The monoisotopic (exact) mass is 265 g/mol. The molecule has 1 unspecified atom stereocenters. The summed E-state index contributed by atoms with van der Waals surface area (Å²) in [5, 5.41) is 10.7. The molecule has 0 aliphatic rings. The number of alkyl halides is 2. The molecule has 3 nitrogen and oxygen atoms in total. The molecule has 0 radical (unpaired) electrons. The molecule has 0 aliphatic carbocycles. The molecule has 2 N–H and O–H groups in total. The molecule has 1 aromatic carbocycles. The molecule has 1 rings (SSSR count). The van der Waals surface area contributed by atoms with Gasteiger partial charge in [0.05, 0.1) is 6.42 Å². The van der Waals surface area contributed by atoms with Crippen LogP contribution in [0.25, 0.3) is 0 Å². The van der Waals surface area contributed by atoms with Gasteiger partial charge in [-0.2, -0.15) is 0 Å². The Morgan fingerprint density at radius 3 is 2.33 bits per heavy atom. The summed E-state index contributed by atoms with van der Waals surface area (Å²) >= 11 is 0. The van der Waals surface area contributed by atoms with Crippen LogP contribution in [0.15, 0.2) is 18.2 Å². The summed E-state index contributed by atoms with van der Waals surface area (Å²) in [6.07, 6.45) is -5.61. The first-order valence-corrected chi connectivity index (χ1v) is 5.07. The molecule has 0 fully saturated rings. The van der Waals surface area contributed by atoms with E-state index in [-0.39, 0.29) is 0 Å². The minimum atomic E-state index is -2.99. The molecule has 0 spiro atoms. The van der Waals surface area contributed by atoms with E-state index in [4.69, 9.17) is 5.11 Å². The largest absolute Gasteiger partial charge is 0.385 e. The number of aliphatic hydroxyl groups excluding tert-OH is 1. The molecule has 0 heterocycles. The number of carbonyl (C=O) groups excluding carboxylic acids is 1. The molecule has 1 aromatic rings. The topological polar surface area (TPSA) is 49.3 Å². The molecular formula is C11H11F4NO2. The van der Waals surface area contributed by atoms with E-state index < -0.39 is 48.6 Å². The normalized spacial score (nSPS) is 12.6. The van der Waals surface area contributed by atoms with Crippen LogP contribution in [0.2, 0.25) is 0 Å². The van der Waals surface area contributed by atoms with Crippen molar-refractivity contribution in [2.24, 2.45) is 0 Å². The number of carbonyl (C=O) groups is 1. The van der Waals surface area contributed by atoms with Crippen LogP contribution < -0.4 is 5.32 Å². The van der Waals surface area contributed by atoms with Gasteiger partial charge in [-0.3, -0.25) is 4.79 Å². The van der Waals surface area contributed by atoms with Crippen molar-refractivity contribution in [1.82, 2.24) is 5.32 Å². The highest BCUT2D eigenvalue weighted by Gasteiger charge is 2.18. The zero-order chi connectivity index (χ0) is 13.7. The van der Waals surface area contributed by atoms with Crippen LogP contribution in [0.5, 0.6) is 0 Å². The Morgan fingerprint density at radius 1 is 1.28 bits per heavy atom. The van der Waals surface area contributed by atoms with Gasteiger partial charge in [-0.15, -0.1) is 0 Å². The SMILES string of the molecule is O=C(Cc1c(F)cccc1F)NCC(O)C(F)F. The summed E-state index contributed by atoms with van der Waals surface area (Å²) in [6, 6.07) is 3.12. The van der Waals surface area contributed by atoms with Crippen molar-refractivity contribution in [3.63, 3.8) is 0 Å². The Balaban J connectivity index is 2.55. The third kappa shape index (κ3) is 3.99. The first-order valence-electron chi connectivity index (χ1n) is 5.07. The smallest absolute Gasteiger partial charge is 0.265 e. The van der Waals surface area contributed by atoms with Gasteiger partial charge in [0.1, 0.15) is 17.7 Å². The lowest BCUT2D eigenvalue weighted by Gasteiger charge is -2.11. The fourth-order valence-electron chi connectivity index (χ4n) is 1.23. The predicted molar refractivity (Wildman–Crippen MR) is 55.1 cm³/mol. The lowest BCUT2D eigenvalue weighted by molar-refractivity contribution is -0.121. The standard InChI is InChI=1S/C11H11F4NO2/c12-7-2-1-3-8(13)6(7)4-10(18)16-5-9(17)11(14)15/h1-3,9,11,17H,4-5H2,(H,16,18). The Hall–Kier alpha value is -1.63. The van der Waals surface area contributed by atoms with Crippen LogP contribution in [-0.4, -0.2) is 30.1 Å². The first-order chi connectivity index (χ1) is 8.41. The predicted octanol–water partition coefficient (Wildman–Crippen LogP) is 1.25. The molecular weight excluding hydrogens is 254 g/mol. The Kier molecular flexibility index (Phi) is 5.08. The fraction of sp³-hybridized carbons (Fsp3) is 0.364. The van der Waals surface area contributed by atoms with Crippen molar-refractivity contribution in [1.29, 1.82) is 0 Å². The van der Waals surface area contributed by atoms with Gasteiger partial charge < -0.3 is 10.4 Å². The molecule has 7 heteroatoms. The van der Waals surface area contributed by atoms with Crippen LogP contribution in [0.4, 0.5) is 17.6 Å². The highest BCUT2D eigenvalue weighted by Crippen LogP contribution is 2.12. The van der Waals surface area contributed by atoms with Crippen LogP contribution in [0.1, 0.15) is 5.56 Å². The van der Waals surface area contributed by atoms with Gasteiger partial charge in [-0.05, 0) is 12.1 Å². The number of halogens is 4. The number of aliphatic hydroxyl groups is 1. The summed E-state index contributed by atoms with van der Waals surface area (Å²) in [7, 11) is 0. The summed E-state index contributed by atoms with van der Waals surface area (Å²) in [5.41, 5.74) is -0.443. The van der Waals surface area contributed by atoms with Gasteiger partial charge in [-0.25, -0.2) is 17.6 Å². The number of amides is 1. The third-order valence-electron chi connectivity index (χ3n) is 2.20. The van der Waals surface area contributed by atoms with Crippen LogP contribution >= 0.6 is 0 Å². The second kappa shape index (κ2) is 6.34. The van der Waals surface area contributed by atoms with E-state index in [1.807, 2.05) is 5.32 Å². The van der Waals surface area contributed by atoms with Gasteiger partial charge in [0.15, 0.2) is 0 Å². The average molecular weight is 265 g/mol. The lowest BCUT2D eigenvalue weighted by atomic mass is 10.1. The van der Waals surface area contributed by atoms with Gasteiger partial charge in [0, 0.05) is 12.1 Å². The molecule has 0 saturated carbocycles. The van der Waals surface area contributed by atoms with Gasteiger partial charge in [-0.1, -0.05) is 6.07 Å². The molecule has 0 aromatic heterocycles. The van der Waals surface area contributed by atoms with Crippen LogP contribution in [0, 0.1) is 11.6 Å². The Morgan fingerprint density at radius 2 is 1.83 bits per heavy atom. The number of benzene rings is 1. The number of nitrogens with one attached hydrogen (secondary N) is 1. The summed E-state index contributed by atoms with van der Waals surface area (Å²) in [5.74, 6) is -2.63. The van der Waals surface area contributed by atoms with Crippen molar-refractivity contribution in [2.75, 3.05) is 6.54 Å². The van der Waals surface area contributed by atoms with E-state index in [0.29, 0.717) is 0 Å². The van der Waals surface area contributed by atoms with Gasteiger partial charge >= 0.3 is 0 Å². The van der Waals surface area contributed by atoms with E-state index in [0.717, 1.165) is 18.2 Å². The summed E-state index contributed by atoms with van der Waals surface area (Å²) < 4.78 is 50.1. The zero-order valence-electron chi connectivity index (χ0n) is 9.17. The molecule has 1 atom stereocenters. The van der Waals surface area contributed by atoms with E-state index in [1.54, 1.807) is 0 Å². The highest BCUT2D eigenvalue weighted by atomic mass is 19.3. The zero-order valence-corrected chi connectivity index (χ0v) is 9.17. The molecule has 100 valence electrons. The highest BCUT2D eigenvalue weighted by molar-refractivity contribution is 5.78. The Labute approximate surface area is 100 Å². The van der Waals surface area contributed by atoms with Gasteiger partial charge in [0.25, 0.3) is 6.43 Å². The summed E-state index contributed by atoms with van der Waals surface area (Å²) in [4.78, 5) is 11.2. The van der Waals surface area contributed by atoms with Gasteiger partial charge in [0.2, 0.25) is 5.91 Å². The van der Waals surface area contributed by atoms with E-state index in [9.17, 15) is 22.4 Å². The van der Waals surface area contributed by atoms with Crippen molar-refractivity contribution < 1.29 is 27.5 Å². The Bertz CT molecular complexity index is 405. The minimum absolute atomic E-state index is 0.443. The molecule has 0 saturated heterocycles. The number of hydrogen-bond acceptors (Lipinski definition) is 2. The molecule has 18 heavy (non-hydrogen) atoms. The van der Waals surface area contributed by atoms with E-state index in [2.05, 4.69) is 0 Å². The number of rotatable bonds is 5. The second-order valence-corrected chi connectivity index (χ2v) is 3.58. The quantitative estimate of drug-likeness (QED) is 0.787. The van der Waals surface area contributed by atoms with E-state index in [1.165, 1.54) is 0 Å². The maximum absolute atomic E-state index is 13.1. The van der Waals surface area contributed by atoms with E-state index >= 15 is 0 Å². The number of hydrogen-bond donors (Lipinski definition) is 2. The third-order valence-corrected chi connectivity index (χ3v) is 2.20. The second-order valence-electron chi connectivity index (χ2n) is 3.58. The molecule has 0 aliphatic heterocycles. The lowest BCUT2D eigenvalue weighted by Crippen LogP contribution is -2.36. The van der Waals surface area contributed by atoms with Crippen LogP contribution in [0.3, 0.4) is 0 Å². The first kappa shape index (κ1) is 14.4. The molecule has 1 amide bonds. The maximum atomic E-state index is 13.1. The molecule has 0 bridgehead atoms. The van der Waals surface area contributed by atoms with Crippen molar-refractivity contribution >= 4 is 5.91 Å². The van der Waals surface area contributed by atoms with Crippen LogP contribution in [-0.2, 0) is 11.2 Å². The summed E-state index contributed by atoms with van der Waals surface area (Å²) in [6.45, 7) is -0.674. The fourth-order valence-corrected chi connectivity index (χ4v) is 1.23. The van der Waals surface area contributed by atoms with Crippen molar-refractivity contribution in [3.05, 3.63) is 35.4 Å². The minimum Gasteiger partial charge on any atom is -0.385 e.